The van der Waals surface area contributed by atoms with Gasteiger partial charge in [-0.05, 0) is 37.0 Å². The van der Waals surface area contributed by atoms with Crippen LogP contribution in [0.3, 0.4) is 0 Å². The second-order valence-corrected chi connectivity index (χ2v) is 4.92. The summed E-state index contributed by atoms with van der Waals surface area (Å²) in [6.07, 6.45) is 1.12. The minimum absolute atomic E-state index is 0.567. The maximum Gasteiger partial charge on any atom is 0.0158 e. The van der Waals surface area contributed by atoms with Gasteiger partial charge >= 0.3 is 0 Å². The molecule has 1 aromatic carbocycles. The summed E-state index contributed by atoms with van der Waals surface area (Å²) in [4.78, 5) is 0.567. The summed E-state index contributed by atoms with van der Waals surface area (Å²) in [6, 6.07) is 6.47. The monoisotopic (exact) mass is 226 g/mol. The smallest absolute Gasteiger partial charge is 0.0158 e. The molecule has 0 N–H and O–H groups in total. The highest BCUT2D eigenvalue weighted by molar-refractivity contribution is 9.09. The molecule has 0 aliphatic rings. The number of benzene rings is 1. The van der Waals surface area contributed by atoms with Crippen molar-refractivity contribution in [1.29, 1.82) is 0 Å². The third kappa shape index (κ3) is 2.34. The minimum Gasteiger partial charge on any atom is -0.0890 e. The number of halogens is 1. The summed E-state index contributed by atoms with van der Waals surface area (Å²) >= 11 is 3.58. The molecular formula is C11H15Br. The van der Waals surface area contributed by atoms with Crippen molar-refractivity contribution in [3.63, 3.8) is 0 Å². The van der Waals surface area contributed by atoms with Crippen molar-refractivity contribution in [2.24, 2.45) is 0 Å². The van der Waals surface area contributed by atoms with Crippen LogP contribution in [0.5, 0.6) is 0 Å². The Morgan fingerprint density at radius 3 is 2.17 bits per heavy atom. The molecule has 1 heteroatoms. The molecule has 0 amide bonds. The van der Waals surface area contributed by atoms with Gasteiger partial charge in [-0.2, -0.15) is 0 Å². The van der Waals surface area contributed by atoms with E-state index < -0.39 is 0 Å². The summed E-state index contributed by atoms with van der Waals surface area (Å²) in [5, 5.41) is 0. The Morgan fingerprint density at radius 1 is 1.25 bits per heavy atom. The summed E-state index contributed by atoms with van der Waals surface area (Å²) in [5.74, 6) is 0. The Kier molecular flexibility index (Phi) is 3.33. The van der Waals surface area contributed by atoms with Crippen LogP contribution >= 0.6 is 15.9 Å². The first-order valence-electron chi connectivity index (χ1n) is 4.30. The maximum absolute atomic E-state index is 3.58. The van der Waals surface area contributed by atoms with Gasteiger partial charge in [0.2, 0.25) is 0 Å². The van der Waals surface area contributed by atoms with Gasteiger partial charge < -0.3 is 0 Å². The molecule has 1 aromatic rings. The second kappa shape index (κ2) is 4.08. The van der Waals surface area contributed by atoms with Gasteiger partial charge in [0.25, 0.3) is 0 Å². The lowest BCUT2D eigenvalue weighted by atomic mass is 9.99. The zero-order chi connectivity index (χ0) is 9.14. The molecule has 0 saturated carbocycles. The lowest BCUT2D eigenvalue weighted by Crippen LogP contribution is -2.01. The van der Waals surface area contributed by atoms with Gasteiger partial charge in [-0.1, -0.05) is 41.1 Å². The Balaban J connectivity index is 2.96. The van der Waals surface area contributed by atoms with E-state index in [2.05, 4.69) is 54.9 Å². The van der Waals surface area contributed by atoms with Crippen LogP contribution in [-0.2, 0) is 6.42 Å². The summed E-state index contributed by atoms with van der Waals surface area (Å²) in [5.41, 5.74) is 4.30. The summed E-state index contributed by atoms with van der Waals surface area (Å²) in [7, 11) is 0. The Bertz CT molecular complexity index is 243. The van der Waals surface area contributed by atoms with Crippen molar-refractivity contribution >= 4 is 15.9 Å². The molecule has 0 bridgehead atoms. The van der Waals surface area contributed by atoms with Crippen LogP contribution in [0, 0.1) is 13.8 Å². The molecule has 0 aromatic heterocycles. The minimum atomic E-state index is 0.567. The van der Waals surface area contributed by atoms with Gasteiger partial charge in [-0.3, -0.25) is 0 Å². The zero-order valence-corrected chi connectivity index (χ0v) is 9.48. The van der Waals surface area contributed by atoms with E-state index in [0.717, 1.165) is 6.42 Å². The van der Waals surface area contributed by atoms with E-state index in [0.29, 0.717) is 4.83 Å². The first kappa shape index (κ1) is 9.79. The highest BCUT2D eigenvalue weighted by Crippen LogP contribution is 2.17. The molecule has 0 saturated heterocycles. The van der Waals surface area contributed by atoms with Gasteiger partial charge in [0.15, 0.2) is 0 Å². The second-order valence-electron chi connectivity index (χ2n) is 3.36. The van der Waals surface area contributed by atoms with E-state index in [1.165, 1.54) is 16.7 Å². The van der Waals surface area contributed by atoms with Crippen LogP contribution in [0.4, 0.5) is 0 Å². The van der Waals surface area contributed by atoms with Crippen molar-refractivity contribution in [1.82, 2.24) is 0 Å². The fraction of sp³-hybridized carbons (Fsp3) is 0.455. The van der Waals surface area contributed by atoms with Gasteiger partial charge in [0.1, 0.15) is 0 Å². The lowest BCUT2D eigenvalue weighted by Gasteiger charge is -2.10. The number of hydrogen-bond acceptors (Lipinski definition) is 0. The van der Waals surface area contributed by atoms with Gasteiger partial charge in [-0.25, -0.2) is 0 Å². The largest absolute Gasteiger partial charge is 0.0890 e. The van der Waals surface area contributed by atoms with Crippen molar-refractivity contribution in [3.8, 4) is 0 Å². The highest BCUT2D eigenvalue weighted by atomic mass is 79.9. The van der Waals surface area contributed by atoms with Crippen LogP contribution in [0.25, 0.3) is 0 Å². The molecule has 1 atom stereocenters. The first-order valence-corrected chi connectivity index (χ1v) is 5.22. The SMILES string of the molecule is Cc1cccc(C)c1CC(C)Br. The molecule has 1 unspecified atom stereocenters. The molecule has 12 heavy (non-hydrogen) atoms. The lowest BCUT2D eigenvalue weighted by molar-refractivity contribution is 0.937. The molecule has 0 heterocycles. The number of rotatable bonds is 2. The molecule has 0 aliphatic carbocycles. The third-order valence-electron chi connectivity index (χ3n) is 2.13. The Hall–Kier alpha value is -0.300. The van der Waals surface area contributed by atoms with Crippen LogP contribution in [0.1, 0.15) is 23.6 Å². The Morgan fingerprint density at radius 2 is 1.75 bits per heavy atom. The standard InChI is InChI=1S/C11H15Br/c1-8-5-4-6-9(2)11(8)7-10(3)12/h4-6,10H,7H2,1-3H3. The first-order chi connectivity index (χ1) is 5.61. The molecule has 0 radical (unpaired) electrons. The van der Waals surface area contributed by atoms with Crippen molar-refractivity contribution in [2.45, 2.75) is 32.0 Å². The predicted molar refractivity (Wildman–Crippen MR) is 58.0 cm³/mol. The van der Waals surface area contributed by atoms with Crippen molar-refractivity contribution in [2.75, 3.05) is 0 Å². The summed E-state index contributed by atoms with van der Waals surface area (Å²) < 4.78 is 0. The Labute approximate surface area is 83.1 Å². The molecule has 0 aliphatic heterocycles. The quantitative estimate of drug-likeness (QED) is 0.677. The normalized spacial score (nSPS) is 13.0. The van der Waals surface area contributed by atoms with E-state index in [-0.39, 0.29) is 0 Å². The molecular weight excluding hydrogens is 212 g/mol. The number of alkyl halides is 1. The average molecular weight is 227 g/mol. The topological polar surface area (TPSA) is 0 Å². The van der Waals surface area contributed by atoms with E-state index in [4.69, 9.17) is 0 Å². The van der Waals surface area contributed by atoms with Gasteiger partial charge in [-0.15, -0.1) is 0 Å². The van der Waals surface area contributed by atoms with Crippen LogP contribution in [0.2, 0.25) is 0 Å². The average Bonchev–Trinajstić information content (AvgIpc) is 1.97. The van der Waals surface area contributed by atoms with Crippen molar-refractivity contribution < 1.29 is 0 Å². The van der Waals surface area contributed by atoms with E-state index in [9.17, 15) is 0 Å². The number of aryl methyl sites for hydroxylation is 2. The molecule has 0 spiro atoms. The molecule has 0 nitrogen and oxygen atoms in total. The number of hydrogen-bond donors (Lipinski definition) is 0. The molecule has 0 fully saturated rings. The van der Waals surface area contributed by atoms with E-state index in [1.807, 2.05) is 0 Å². The van der Waals surface area contributed by atoms with E-state index >= 15 is 0 Å². The van der Waals surface area contributed by atoms with Gasteiger partial charge in [0, 0.05) is 4.83 Å². The van der Waals surface area contributed by atoms with Crippen LogP contribution < -0.4 is 0 Å². The van der Waals surface area contributed by atoms with Crippen LogP contribution in [-0.4, -0.2) is 4.83 Å². The predicted octanol–water partition coefficient (Wildman–Crippen LogP) is 3.63. The molecule has 66 valence electrons. The third-order valence-corrected chi connectivity index (χ3v) is 2.45. The summed E-state index contributed by atoms with van der Waals surface area (Å²) in [6.45, 7) is 6.54. The van der Waals surface area contributed by atoms with Gasteiger partial charge in [0.05, 0.1) is 0 Å². The van der Waals surface area contributed by atoms with Crippen LogP contribution in [0.15, 0.2) is 18.2 Å². The van der Waals surface area contributed by atoms with Crippen molar-refractivity contribution in [3.05, 3.63) is 34.9 Å². The zero-order valence-electron chi connectivity index (χ0n) is 7.89. The van der Waals surface area contributed by atoms with E-state index in [1.54, 1.807) is 0 Å². The fourth-order valence-corrected chi connectivity index (χ4v) is 1.78. The molecule has 1 rings (SSSR count). The maximum atomic E-state index is 3.58. The fourth-order valence-electron chi connectivity index (χ4n) is 1.45. The highest BCUT2D eigenvalue weighted by Gasteiger charge is 2.04.